The van der Waals surface area contributed by atoms with E-state index in [1.54, 1.807) is 20.5 Å². The molecule has 0 saturated carbocycles. The van der Waals surface area contributed by atoms with Crippen LogP contribution in [0.15, 0.2) is 34.9 Å². The highest BCUT2D eigenvalue weighted by Gasteiger charge is 2.11. The topological polar surface area (TPSA) is 43.6 Å². The lowest BCUT2D eigenvalue weighted by molar-refractivity contribution is 0.355. The molecule has 0 aliphatic carbocycles. The fourth-order valence-electron chi connectivity index (χ4n) is 2.18. The summed E-state index contributed by atoms with van der Waals surface area (Å²) in [5, 5.41) is 3.48. The van der Waals surface area contributed by atoms with Crippen molar-refractivity contribution in [3.63, 3.8) is 0 Å². The number of furan rings is 1. The highest BCUT2D eigenvalue weighted by molar-refractivity contribution is 5.60. The molecule has 0 amide bonds. The highest BCUT2D eigenvalue weighted by Crippen LogP contribution is 2.33. The molecular formula is C16H21NO3. The Morgan fingerprint density at radius 1 is 1.20 bits per heavy atom. The Kier molecular flexibility index (Phi) is 4.56. The molecule has 0 saturated heterocycles. The second-order valence-electron chi connectivity index (χ2n) is 4.85. The number of hydrogen-bond donors (Lipinski definition) is 1. The third-order valence-electron chi connectivity index (χ3n) is 3.22. The average Bonchev–Trinajstić information content (AvgIpc) is 2.93. The molecule has 0 spiro atoms. The maximum Gasteiger partial charge on any atom is 0.162 e. The van der Waals surface area contributed by atoms with Crippen LogP contribution in [0.1, 0.15) is 18.2 Å². The molecule has 20 heavy (non-hydrogen) atoms. The van der Waals surface area contributed by atoms with Crippen LogP contribution < -0.4 is 14.8 Å². The first-order valence-corrected chi connectivity index (χ1v) is 6.65. The van der Waals surface area contributed by atoms with E-state index < -0.39 is 0 Å². The lowest BCUT2D eigenvalue weighted by Gasteiger charge is -2.18. The lowest BCUT2D eigenvalue weighted by Crippen LogP contribution is -2.18. The predicted octanol–water partition coefficient (Wildman–Crippen LogP) is 3.65. The number of ether oxygens (including phenoxy) is 2. The van der Waals surface area contributed by atoms with Crippen LogP contribution in [-0.4, -0.2) is 20.3 Å². The van der Waals surface area contributed by atoms with E-state index in [4.69, 9.17) is 13.9 Å². The summed E-state index contributed by atoms with van der Waals surface area (Å²) < 4.78 is 16.0. The minimum absolute atomic E-state index is 0.262. The first kappa shape index (κ1) is 14.3. The van der Waals surface area contributed by atoms with Gasteiger partial charge in [0.2, 0.25) is 0 Å². The van der Waals surface area contributed by atoms with E-state index in [9.17, 15) is 0 Å². The van der Waals surface area contributed by atoms with Gasteiger partial charge in [0.05, 0.1) is 20.5 Å². The summed E-state index contributed by atoms with van der Waals surface area (Å²) in [5.41, 5.74) is 2.16. The summed E-state index contributed by atoms with van der Waals surface area (Å²) in [6.07, 6.45) is 2.53. The van der Waals surface area contributed by atoms with Crippen LogP contribution in [0.5, 0.6) is 11.5 Å². The number of nitrogens with one attached hydrogen (secondary N) is 1. The van der Waals surface area contributed by atoms with Crippen LogP contribution in [0.2, 0.25) is 0 Å². The Balaban J connectivity index is 2.12. The summed E-state index contributed by atoms with van der Waals surface area (Å²) in [4.78, 5) is 0. The Morgan fingerprint density at radius 2 is 1.90 bits per heavy atom. The number of aryl methyl sites for hydroxylation is 1. The molecule has 1 aromatic heterocycles. The smallest absolute Gasteiger partial charge is 0.162 e. The number of rotatable bonds is 6. The van der Waals surface area contributed by atoms with Gasteiger partial charge in [-0.15, -0.1) is 0 Å². The Morgan fingerprint density at radius 3 is 2.50 bits per heavy atom. The zero-order chi connectivity index (χ0) is 14.5. The van der Waals surface area contributed by atoms with Crippen molar-refractivity contribution in [3.05, 3.63) is 41.9 Å². The third kappa shape index (κ3) is 3.26. The van der Waals surface area contributed by atoms with Gasteiger partial charge in [-0.3, -0.25) is 0 Å². The summed E-state index contributed by atoms with van der Waals surface area (Å²) >= 11 is 0. The fourth-order valence-corrected chi connectivity index (χ4v) is 2.18. The predicted molar refractivity (Wildman–Crippen MR) is 79.8 cm³/mol. The Hall–Kier alpha value is -2.10. The molecule has 2 rings (SSSR count). The molecule has 1 unspecified atom stereocenters. The molecule has 0 bridgehead atoms. The molecular weight excluding hydrogens is 254 g/mol. The zero-order valence-electron chi connectivity index (χ0n) is 12.4. The zero-order valence-corrected chi connectivity index (χ0v) is 12.4. The van der Waals surface area contributed by atoms with E-state index in [1.165, 1.54) is 0 Å². The van der Waals surface area contributed by atoms with Crippen molar-refractivity contribution in [2.75, 3.05) is 19.5 Å². The van der Waals surface area contributed by atoms with Crippen molar-refractivity contribution in [1.29, 1.82) is 0 Å². The number of hydrogen-bond acceptors (Lipinski definition) is 4. The minimum Gasteiger partial charge on any atom is -0.493 e. The van der Waals surface area contributed by atoms with E-state index in [0.717, 1.165) is 34.9 Å². The molecule has 0 aliphatic rings. The van der Waals surface area contributed by atoms with Crippen LogP contribution >= 0.6 is 0 Å². The van der Waals surface area contributed by atoms with Crippen LogP contribution in [0.4, 0.5) is 5.69 Å². The van der Waals surface area contributed by atoms with Gasteiger partial charge >= 0.3 is 0 Å². The van der Waals surface area contributed by atoms with Crippen molar-refractivity contribution < 1.29 is 13.9 Å². The van der Waals surface area contributed by atoms with E-state index in [-0.39, 0.29) is 6.04 Å². The van der Waals surface area contributed by atoms with Crippen LogP contribution in [0.25, 0.3) is 0 Å². The Bertz CT molecular complexity index is 549. The van der Waals surface area contributed by atoms with Gasteiger partial charge in [-0.1, -0.05) is 0 Å². The second kappa shape index (κ2) is 6.37. The monoisotopic (exact) mass is 275 g/mol. The van der Waals surface area contributed by atoms with E-state index in [2.05, 4.69) is 12.2 Å². The first-order chi connectivity index (χ1) is 9.63. The van der Waals surface area contributed by atoms with Gasteiger partial charge in [-0.2, -0.15) is 0 Å². The van der Waals surface area contributed by atoms with E-state index >= 15 is 0 Å². The van der Waals surface area contributed by atoms with Gasteiger partial charge in [0.1, 0.15) is 5.76 Å². The number of anilines is 1. The quantitative estimate of drug-likeness (QED) is 0.874. The molecule has 1 heterocycles. The molecule has 108 valence electrons. The number of methoxy groups -OCH3 is 2. The van der Waals surface area contributed by atoms with Crippen molar-refractivity contribution >= 4 is 5.69 Å². The van der Waals surface area contributed by atoms with Gasteiger partial charge in [-0.05, 0) is 37.6 Å². The number of benzene rings is 1. The van der Waals surface area contributed by atoms with Gasteiger partial charge < -0.3 is 19.2 Å². The summed E-state index contributed by atoms with van der Waals surface area (Å²) in [7, 11) is 3.28. The van der Waals surface area contributed by atoms with Crippen LogP contribution in [0.3, 0.4) is 0 Å². The molecule has 4 nitrogen and oxygen atoms in total. The second-order valence-corrected chi connectivity index (χ2v) is 4.85. The van der Waals surface area contributed by atoms with Crippen LogP contribution in [-0.2, 0) is 6.42 Å². The van der Waals surface area contributed by atoms with Gasteiger partial charge in [0.25, 0.3) is 0 Å². The van der Waals surface area contributed by atoms with Crippen LogP contribution in [0, 0.1) is 6.92 Å². The molecule has 1 atom stereocenters. The van der Waals surface area contributed by atoms with Crippen molar-refractivity contribution in [2.24, 2.45) is 0 Å². The van der Waals surface area contributed by atoms with E-state index in [0.29, 0.717) is 0 Å². The van der Waals surface area contributed by atoms with Crippen molar-refractivity contribution in [1.82, 2.24) is 0 Å². The SMILES string of the molecule is COc1cc(C)c(NC(C)Cc2ccco2)cc1OC. The Labute approximate surface area is 119 Å². The summed E-state index contributed by atoms with van der Waals surface area (Å²) in [5.74, 6) is 2.45. The first-order valence-electron chi connectivity index (χ1n) is 6.65. The van der Waals surface area contributed by atoms with Gasteiger partial charge in [-0.25, -0.2) is 0 Å². The standard InChI is InChI=1S/C16H21NO3/c1-11-8-15(18-3)16(19-4)10-14(11)17-12(2)9-13-6-5-7-20-13/h5-8,10,12,17H,9H2,1-4H3. The maximum absolute atomic E-state index is 5.37. The minimum atomic E-state index is 0.262. The third-order valence-corrected chi connectivity index (χ3v) is 3.22. The normalized spacial score (nSPS) is 12.0. The van der Waals surface area contributed by atoms with Gasteiger partial charge in [0.15, 0.2) is 11.5 Å². The van der Waals surface area contributed by atoms with Crippen molar-refractivity contribution in [3.8, 4) is 11.5 Å². The van der Waals surface area contributed by atoms with Gasteiger partial charge in [0, 0.05) is 24.2 Å². The summed E-state index contributed by atoms with van der Waals surface area (Å²) in [6.45, 7) is 4.17. The maximum atomic E-state index is 5.37. The average molecular weight is 275 g/mol. The largest absolute Gasteiger partial charge is 0.493 e. The molecule has 0 aliphatic heterocycles. The molecule has 0 fully saturated rings. The molecule has 2 aromatic rings. The fraction of sp³-hybridized carbons (Fsp3) is 0.375. The van der Waals surface area contributed by atoms with E-state index in [1.807, 2.05) is 31.2 Å². The van der Waals surface area contributed by atoms with Crippen molar-refractivity contribution in [2.45, 2.75) is 26.3 Å². The molecule has 1 aromatic carbocycles. The lowest BCUT2D eigenvalue weighted by atomic mass is 10.1. The highest BCUT2D eigenvalue weighted by atomic mass is 16.5. The molecule has 4 heteroatoms. The molecule has 0 radical (unpaired) electrons. The summed E-state index contributed by atoms with van der Waals surface area (Å²) in [6, 6.07) is 8.09. The molecule has 1 N–H and O–H groups in total.